The summed E-state index contributed by atoms with van der Waals surface area (Å²) in [6, 6.07) is 5.23. The smallest absolute Gasteiger partial charge is 0.328 e. The van der Waals surface area contributed by atoms with E-state index in [0.29, 0.717) is 18.8 Å². The number of H-pyrrole nitrogens is 1. The van der Waals surface area contributed by atoms with Gasteiger partial charge in [-0.05, 0) is 26.0 Å². The van der Waals surface area contributed by atoms with Gasteiger partial charge in [0, 0.05) is 25.5 Å². The van der Waals surface area contributed by atoms with Gasteiger partial charge in [-0.1, -0.05) is 6.07 Å². The highest BCUT2D eigenvalue weighted by Crippen LogP contribution is 2.12. The van der Waals surface area contributed by atoms with Crippen LogP contribution in [0.15, 0.2) is 40.2 Å². The summed E-state index contributed by atoms with van der Waals surface area (Å²) in [5.41, 5.74) is -0.688. The van der Waals surface area contributed by atoms with Crippen LogP contribution in [0.5, 0.6) is 0 Å². The fraction of sp³-hybridized carbons (Fsp3) is 0.412. The molecule has 3 rings (SSSR count). The fourth-order valence-corrected chi connectivity index (χ4v) is 2.98. The first-order valence-corrected chi connectivity index (χ1v) is 8.13. The summed E-state index contributed by atoms with van der Waals surface area (Å²) in [4.78, 5) is 45.6. The molecule has 0 spiro atoms. The number of ether oxygens (including phenoxy) is 1. The number of nitrogens with zero attached hydrogens (tertiary/aromatic N) is 3. The Hall–Kier alpha value is -2.74. The second-order valence-electron chi connectivity index (χ2n) is 6.19. The van der Waals surface area contributed by atoms with Crippen molar-refractivity contribution in [3.05, 3.63) is 62.7 Å². The topological polar surface area (TPSA) is 97.3 Å². The third kappa shape index (κ3) is 3.69. The molecule has 2 atom stereocenters. The molecule has 2 unspecified atom stereocenters. The summed E-state index contributed by atoms with van der Waals surface area (Å²) in [6.07, 6.45) is 2.56. The van der Waals surface area contributed by atoms with Gasteiger partial charge in [0.05, 0.1) is 24.4 Å². The first-order valence-electron chi connectivity index (χ1n) is 8.13. The number of rotatable bonds is 3. The first kappa shape index (κ1) is 17.1. The van der Waals surface area contributed by atoms with E-state index in [-0.39, 0.29) is 24.3 Å². The lowest BCUT2D eigenvalue weighted by atomic mass is 10.2. The molecule has 1 aliphatic rings. The monoisotopic (exact) mass is 344 g/mol. The average Bonchev–Trinajstić information content (AvgIpc) is 2.58. The molecule has 1 aliphatic heterocycles. The van der Waals surface area contributed by atoms with Crippen molar-refractivity contribution < 1.29 is 9.53 Å². The van der Waals surface area contributed by atoms with Crippen molar-refractivity contribution in [1.29, 1.82) is 0 Å². The van der Waals surface area contributed by atoms with E-state index in [9.17, 15) is 14.4 Å². The maximum atomic E-state index is 12.7. The van der Waals surface area contributed by atoms with E-state index in [1.165, 1.54) is 6.20 Å². The number of hydrogen-bond donors (Lipinski definition) is 1. The Morgan fingerprint density at radius 2 is 2.00 bits per heavy atom. The lowest BCUT2D eigenvalue weighted by molar-refractivity contribution is -0.0586. The van der Waals surface area contributed by atoms with E-state index in [1.807, 2.05) is 13.8 Å². The van der Waals surface area contributed by atoms with Crippen LogP contribution in [0.1, 0.15) is 29.9 Å². The van der Waals surface area contributed by atoms with Gasteiger partial charge in [0.2, 0.25) is 0 Å². The molecule has 2 aromatic rings. The van der Waals surface area contributed by atoms with Gasteiger partial charge in [-0.15, -0.1) is 0 Å². The summed E-state index contributed by atoms with van der Waals surface area (Å²) < 4.78 is 6.60. The van der Waals surface area contributed by atoms with Gasteiger partial charge in [0.25, 0.3) is 11.5 Å². The molecule has 1 amide bonds. The number of morpholine rings is 1. The number of carbonyl (C=O) groups is 1. The van der Waals surface area contributed by atoms with Crippen LogP contribution in [-0.4, -0.2) is 50.6 Å². The predicted molar refractivity (Wildman–Crippen MR) is 90.6 cm³/mol. The van der Waals surface area contributed by atoms with Crippen molar-refractivity contribution in [1.82, 2.24) is 19.4 Å². The van der Waals surface area contributed by atoms with Crippen molar-refractivity contribution in [2.24, 2.45) is 0 Å². The van der Waals surface area contributed by atoms with Gasteiger partial charge >= 0.3 is 5.69 Å². The minimum Gasteiger partial charge on any atom is -0.372 e. The number of pyridine rings is 1. The van der Waals surface area contributed by atoms with Crippen LogP contribution in [0.2, 0.25) is 0 Å². The van der Waals surface area contributed by atoms with E-state index in [1.54, 1.807) is 29.3 Å². The first-order chi connectivity index (χ1) is 12.0. The van der Waals surface area contributed by atoms with Gasteiger partial charge in [-0.3, -0.25) is 19.1 Å². The molecule has 2 aromatic heterocycles. The van der Waals surface area contributed by atoms with Gasteiger partial charge in [-0.2, -0.15) is 0 Å². The Morgan fingerprint density at radius 3 is 2.64 bits per heavy atom. The second kappa shape index (κ2) is 7.02. The van der Waals surface area contributed by atoms with Crippen molar-refractivity contribution in [3.63, 3.8) is 0 Å². The van der Waals surface area contributed by atoms with Gasteiger partial charge in [0.15, 0.2) is 0 Å². The largest absolute Gasteiger partial charge is 0.372 e. The van der Waals surface area contributed by atoms with Crippen LogP contribution in [0.4, 0.5) is 0 Å². The van der Waals surface area contributed by atoms with Crippen LogP contribution in [0.3, 0.4) is 0 Å². The molecule has 25 heavy (non-hydrogen) atoms. The molecule has 3 heterocycles. The molecule has 8 nitrogen and oxygen atoms in total. The van der Waals surface area contributed by atoms with Crippen LogP contribution in [0, 0.1) is 0 Å². The molecule has 1 fully saturated rings. The van der Waals surface area contributed by atoms with Crippen molar-refractivity contribution >= 4 is 5.91 Å². The SMILES string of the molecule is CC1CN(C(=O)c2c[nH]c(=O)n(Cc3ccccn3)c2=O)CC(C)O1. The minimum atomic E-state index is -0.619. The van der Waals surface area contributed by atoms with Crippen LogP contribution < -0.4 is 11.2 Å². The lowest BCUT2D eigenvalue weighted by Gasteiger charge is -2.35. The van der Waals surface area contributed by atoms with Crippen molar-refractivity contribution in [2.75, 3.05) is 13.1 Å². The summed E-state index contributed by atoms with van der Waals surface area (Å²) in [5.74, 6) is -0.405. The average molecular weight is 344 g/mol. The minimum absolute atomic E-state index is 0.00600. The molecule has 8 heteroatoms. The van der Waals surface area contributed by atoms with E-state index >= 15 is 0 Å². The van der Waals surface area contributed by atoms with E-state index < -0.39 is 17.2 Å². The number of aromatic amines is 1. The molecule has 132 valence electrons. The zero-order valence-electron chi connectivity index (χ0n) is 14.1. The van der Waals surface area contributed by atoms with Gasteiger partial charge in [0.1, 0.15) is 5.56 Å². The maximum Gasteiger partial charge on any atom is 0.328 e. The van der Waals surface area contributed by atoms with Crippen LogP contribution in [-0.2, 0) is 11.3 Å². The predicted octanol–water partition coefficient (Wildman–Crippen LogP) is 0.229. The highest BCUT2D eigenvalue weighted by Gasteiger charge is 2.28. The Morgan fingerprint density at radius 1 is 1.28 bits per heavy atom. The molecule has 0 aliphatic carbocycles. The summed E-state index contributed by atoms with van der Waals surface area (Å²) in [6.45, 7) is 4.57. The quantitative estimate of drug-likeness (QED) is 0.860. The normalized spacial score (nSPS) is 20.5. The zero-order valence-corrected chi connectivity index (χ0v) is 14.1. The lowest BCUT2D eigenvalue weighted by Crippen LogP contribution is -2.50. The number of amides is 1. The summed E-state index contributed by atoms with van der Waals surface area (Å²) in [5, 5.41) is 0. The van der Waals surface area contributed by atoms with Crippen LogP contribution >= 0.6 is 0 Å². The Kier molecular flexibility index (Phi) is 4.80. The Bertz CT molecular complexity index is 864. The molecule has 1 saturated heterocycles. The molecule has 0 bridgehead atoms. The molecule has 0 saturated carbocycles. The highest BCUT2D eigenvalue weighted by molar-refractivity contribution is 5.93. The van der Waals surface area contributed by atoms with Gasteiger partial charge in [-0.25, -0.2) is 4.79 Å². The second-order valence-corrected chi connectivity index (χ2v) is 6.19. The number of nitrogens with one attached hydrogen (secondary N) is 1. The van der Waals surface area contributed by atoms with E-state index in [0.717, 1.165) is 4.57 Å². The van der Waals surface area contributed by atoms with E-state index in [4.69, 9.17) is 4.74 Å². The Balaban J connectivity index is 1.92. The molecular weight excluding hydrogens is 324 g/mol. The number of hydrogen-bond acceptors (Lipinski definition) is 5. The van der Waals surface area contributed by atoms with Crippen LogP contribution in [0.25, 0.3) is 0 Å². The highest BCUT2D eigenvalue weighted by atomic mass is 16.5. The van der Waals surface area contributed by atoms with Gasteiger partial charge < -0.3 is 14.6 Å². The zero-order chi connectivity index (χ0) is 18.0. The number of carbonyl (C=O) groups excluding carboxylic acids is 1. The van der Waals surface area contributed by atoms with Crippen molar-refractivity contribution in [3.8, 4) is 0 Å². The third-order valence-electron chi connectivity index (χ3n) is 4.04. The fourth-order valence-electron chi connectivity index (χ4n) is 2.98. The third-order valence-corrected chi connectivity index (χ3v) is 4.04. The standard InChI is InChI=1S/C17H20N4O4/c1-11-8-20(9-12(2)25-11)15(22)14-7-19-17(24)21(16(14)23)10-13-5-3-4-6-18-13/h3-7,11-12H,8-10H2,1-2H3,(H,19,24). The molecule has 0 aromatic carbocycles. The number of aromatic nitrogens is 3. The molecular formula is C17H20N4O4. The summed E-state index contributed by atoms with van der Waals surface area (Å²) in [7, 11) is 0. The summed E-state index contributed by atoms with van der Waals surface area (Å²) >= 11 is 0. The Labute approximate surface area is 144 Å². The maximum absolute atomic E-state index is 12.7. The molecule has 1 N–H and O–H groups in total. The van der Waals surface area contributed by atoms with Crippen molar-refractivity contribution in [2.45, 2.75) is 32.6 Å². The molecule has 0 radical (unpaired) electrons. The van der Waals surface area contributed by atoms with E-state index in [2.05, 4.69) is 9.97 Å².